The molecule has 0 aromatic rings. The number of hydrogen-bond acceptors (Lipinski definition) is 4. The number of carbonyl (C=O) groups excluding carboxylic acids is 1. The molecule has 2 amide bonds. The molecule has 2 fully saturated rings. The number of amides is 2. The Morgan fingerprint density at radius 3 is 2.53 bits per heavy atom. The summed E-state index contributed by atoms with van der Waals surface area (Å²) in [6, 6.07) is -0.705. The molecule has 7 heteroatoms. The number of carboxylic acids is 1. The van der Waals surface area contributed by atoms with E-state index in [0.29, 0.717) is 12.3 Å². The van der Waals surface area contributed by atoms with Crippen LogP contribution >= 0.6 is 11.8 Å². The van der Waals surface area contributed by atoms with E-state index < -0.39 is 12.0 Å². The summed E-state index contributed by atoms with van der Waals surface area (Å²) in [7, 11) is 2.03. The molecular formula is C12H21N3O3S. The molecule has 0 saturated carbocycles. The molecule has 0 aromatic heterocycles. The van der Waals surface area contributed by atoms with Crippen LogP contribution in [0.15, 0.2) is 0 Å². The number of nitrogens with zero attached hydrogens (tertiary/aromatic N) is 3. The van der Waals surface area contributed by atoms with Crippen molar-refractivity contribution in [1.29, 1.82) is 0 Å². The first-order valence-corrected chi connectivity index (χ1v) is 7.58. The second-order valence-electron chi connectivity index (χ2n) is 5.28. The lowest BCUT2D eigenvalue weighted by atomic mass is 10.2. The second-order valence-corrected chi connectivity index (χ2v) is 6.63. The quantitative estimate of drug-likeness (QED) is 0.765. The molecule has 2 aliphatic rings. The third-order valence-corrected chi connectivity index (χ3v) is 5.02. The third kappa shape index (κ3) is 2.81. The first-order valence-electron chi connectivity index (χ1n) is 6.53. The maximum Gasteiger partial charge on any atom is 0.327 e. The molecule has 0 aromatic carbocycles. The van der Waals surface area contributed by atoms with E-state index in [-0.39, 0.29) is 17.4 Å². The Kier molecular flexibility index (Phi) is 4.25. The minimum atomic E-state index is -0.910. The zero-order chi connectivity index (χ0) is 14.2. The van der Waals surface area contributed by atoms with E-state index >= 15 is 0 Å². The average molecular weight is 287 g/mol. The predicted molar refractivity (Wildman–Crippen MR) is 74.2 cm³/mol. The van der Waals surface area contributed by atoms with Crippen molar-refractivity contribution in [3.8, 4) is 0 Å². The maximum absolute atomic E-state index is 12.6. The van der Waals surface area contributed by atoms with Gasteiger partial charge in [-0.2, -0.15) is 0 Å². The first kappa shape index (κ1) is 14.5. The van der Waals surface area contributed by atoms with Gasteiger partial charge in [0, 0.05) is 31.4 Å². The van der Waals surface area contributed by atoms with Crippen LogP contribution in [0.3, 0.4) is 0 Å². The average Bonchev–Trinajstić information content (AvgIpc) is 2.70. The van der Waals surface area contributed by atoms with Crippen molar-refractivity contribution >= 4 is 23.8 Å². The van der Waals surface area contributed by atoms with Crippen LogP contribution in [-0.4, -0.2) is 81.7 Å². The minimum absolute atomic E-state index is 0.0690. The number of piperazine rings is 1. The summed E-state index contributed by atoms with van der Waals surface area (Å²) in [6.07, 6.45) is 0. The van der Waals surface area contributed by atoms with Gasteiger partial charge in [-0.05, 0) is 20.9 Å². The SMILES string of the molecule is CC1CN(C)CCN1C(=O)N1C(C)SCC1C(=O)O. The molecule has 1 N–H and O–H groups in total. The van der Waals surface area contributed by atoms with E-state index in [0.717, 1.165) is 13.1 Å². The van der Waals surface area contributed by atoms with Crippen molar-refractivity contribution in [3.63, 3.8) is 0 Å². The number of thioether (sulfide) groups is 1. The molecule has 2 heterocycles. The van der Waals surface area contributed by atoms with E-state index in [9.17, 15) is 14.7 Å². The highest BCUT2D eigenvalue weighted by Crippen LogP contribution is 2.30. The van der Waals surface area contributed by atoms with Gasteiger partial charge >= 0.3 is 12.0 Å². The van der Waals surface area contributed by atoms with E-state index in [1.165, 1.54) is 16.7 Å². The fourth-order valence-electron chi connectivity index (χ4n) is 2.70. The van der Waals surface area contributed by atoms with Crippen molar-refractivity contribution in [3.05, 3.63) is 0 Å². The lowest BCUT2D eigenvalue weighted by Crippen LogP contribution is -2.59. The number of carbonyl (C=O) groups is 2. The smallest absolute Gasteiger partial charge is 0.327 e. The monoisotopic (exact) mass is 287 g/mol. The number of aliphatic carboxylic acids is 1. The van der Waals surface area contributed by atoms with Gasteiger partial charge in [0.2, 0.25) is 0 Å². The first-order chi connectivity index (χ1) is 8.91. The number of rotatable bonds is 1. The fraction of sp³-hybridized carbons (Fsp3) is 0.833. The normalized spacial score (nSPS) is 32.7. The van der Waals surface area contributed by atoms with Gasteiger partial charge in [-0.3, -0.25) is 4.90 Å². The molecule has 0 spiro atoms. The minimum Gasteiger partial charge on any atom is -0.480 e. The van der Waals surface area contributed by atoms with Gasteiger partial charge in [-0.15, -0.1) is 11.8 Å². The summed E-state index contributed by atoms with van der Waals surface area (Å²) >= 11 is 1.52. The summed E-state index contributed by atoms with van der Waals surface area (Å²) in [5.74, 6) is -0.434. The van der Waals surface area contributed by atoms with Gasteiger partial charge in [0.1, 0.15) is 6.04 Å². The molecule has 2 saturated heterocycles. The maximum atomic E-state index is 12.6. The topological polar surface area (TPSA) is 64.1 Å². The van der Waals surface area contributed by atoms with Crippen LogP contribution in [0.4, 0.5) is 4.79 Å². The molecule has 6 nitrogen and oxygen atoms in total. The standard InChI is InChI=1S/C12H21N3O3S/c1-8-6-13(3)4-5-14(8)12(18)15-9(2)19-7-10(15)11(16)17/h8-10H,4-7H2,1-3H3,(H,16,17). The molecule has 108 valence electrons. The number of hydrogen-bond donors (Lipinski definition) is 1. The van der Waals surface area contributed by atoms with Crippen LogP contribution in [0.5, 0.6) is 0 Å². The Balaban J connectivity index is 2.11. The molecule has 2 aliphatic heterocycles. The summed E-state index contributed by atoms with van der Waals surface area (Å²) < 4.78 is 0. The number of likely N-dealkylation sites (N-methyl/N-ethyl adjacent to an activating group) is 1. The Bertz CT molecular complexity index is 379. The van der Waals surface area contributed by atoms with E-state index in [1.54, 1.807) is 4.90 Å². The molecular weight excluding hydrogens is 266 g/mol. The van der Waals surface area contributed by atoms with E-state index in [1.807, 2.05) is 20.9 Å². The van der Waals surface area contributed by atoms with Crippen molar-refractivity contribution < 1.29 is 14.7 Å². The van der Waals surface area contributed by atoms with Gasteiger partial charge < -0.3 is 14.9 Å². The van der Waals surface area contributed by atoms with Crippen LogP contribution in [0, 0.1) is 0 Å². The van der Waals surface area contributed by atoms with Crippen molar-refractivity contribution in [1.82, 2.24) is 14.7 Å². The molecule has 2 rings (SSSR count). The highest BCUT2D eigenvalue weighted by molar-refractivity contribution is 8.00. The lowest BCUT2D eigenvalue weighted by Gasteiger charge is -2.41. The lowest BCUT2D eigenvalue weighted by molar-refractivity contribution is -0.141. The zero-order valence-electron chi connectivity index (χ0n) is 11.6. The summed E-state index contributed by atoms with van der Waals surface area (Å²) in [5, 5.41) is 9.15. The zero-order valence-corrected chi connectivity index (χ0v) is 12.4. The van der Waals surface area contributed by atoms with Gasteiger partial charge in [-0.25, -0.2) is 9.59 Å². The molecule has 3 unspecified atom stereocenters. The van der Waals surface area contributed by atoms with Gasteiger partial charge in [0.05, 0.1) is 5.37 Å². The van der Waals surface area contributed by atoms with Crippen LogP contribution in [0.1, 0.15) is 13.8 Å². The van der Waals surface area contributed by atoms with Crippen LogP contribution in [0.25, 0.3) is 0 Å². The molecule has 3 atom stereocenters. The third-order valence-electron chi connectivity index (χ3n) is 3.81. The Morgan fingerprint density at radius 2 is 1.95 bits per heavy atom. The van der Waals surface area contributed by atoms with Crippen LogP contribution < -0.4 is 0 Å². The van der Waals surface area contributed by atoms with Gasteiger partial charge in [-0.1, -0.05) is 0 Å². The summed E-state index contributed by atoms with van der Waals surface area (Å²) in [5.41, 5.74) is 0. The molecule has 0 bridgehead atoms. The second kappa shape index (κ2) is 5.58. The van der Waals surface area contributed by atoms with Gasteiger partial charge in [0.15, 0.2) is 0 Å². The summed E-state index contributed by atoms with van der Waals surface area (Å²) in [4.78, 5) is 29.4. The fourth-order valence-corrected chi connectivity index (χ4v) is 3.86. The van der Waals surface area contributed by atoms with Crippen molar-refractivity contribution in [2.24, 2.45) is 0 Å². The largest absolute Gasteiger partial charge is 0.480 e. The Hall–Kier alpha value is -0.950. The summed E-state index contributed by atoms with van der Waals surface area (Å²) in [6.45, 7) is 6.24. The van der Waals surface area contributed by atoms with Crippen LogP contribution in [0.2, 0.25) is 0 Å². The Labute approximate surface area is 117 Å². The van der Waals surface area contributed by atoms with E-state index in [4.69, 9.17) is 0 Å². The van der Waals surface area contributed by atoms with Crippen molar-refractivity contribution in [2.75, 3.05) is 32.4 Å². The van der Waals surface area contributed by atoms with Crippen molar-refractivity contribution in [2.45, 2.75) is 31.3 Å². The highest BCUT2D eigenvalue weighted by Gasteiger charge is 2.42. The van der Waals surface area contributed by atoms with E-state index in [2.05, 4.69) is 4.90 Å². The highest BCUT2D eigenvalue weighted by atomic mass is 32.2. The predicted octanol–water partition coefficient (Wildman–Crippen LogP) is 0.590. The Morgan fingerprint density at radius 1 is 1.26 bits per heavy atom. The number of urea groups is 1. The molecule has 19 heavy (non-hydrogen) atoms. The molecule has 0 radical (unpaired) electrons. The number of carboxylic acid groups (broad SMARTS) is 1. The molecule has 0 aliphatic carbocycles. The van der Waals surface area contributed by atoms with Crippen LogP contribution in [-0.2, 0) is 4.79 Å². The van der Waals surface area contributed by atoms with Gasteiger partial charge in [0.25, 0.3) is 0 Å².